The van der Waals surface area contributed by atoms with Crippen molar-refractivity contribution in [2.24, 2.45) is 0 Å². The van der Waals surface area contributed by atoms with E-state index in [1.165, 1.54) is 16.0 Å². The highest BCUT2D eigenvalue weighted by atomic mass is 32.2. The molecule has 1 fully saturated rings. The van der Waals surface area contributed by atoms with Crippen molar-refractivity contribution < 1.29 is 13.2 Å². The number of rotatable bonds is 5. The van der Waals surface area contributed by atoms with Crippen molar-refractivity contribution in [2.75, 3.05) is 13.1 Å². The van der Waals surface area contributed by atoms with E-state index in [2.05, 4.69) is 23.5 Å². The summed E-state index contributed by atoms with van der Waals surface area (Å²) in [5, 5.41) is 2.79. The molecule has 2 aromatic carbocycles. The average molecular weight is 431 g/mol. The summed E-state index contributed by atoms with van der Waals surface area (Å²) >= 11 is 1.59. The molecule has 0 spiro atoms. The van der Waals surface area contributed by atoms with Gasteiger partial charge in [-0.05, 0) is 49.4 Å². The number of aryl methyl sites for hydroxylation is 1. The van der Waals surface area contributed by atoms with Crippen molar-refractivity contribution in [3.8, 4) is 0 Å². The number of hydrogen-bond acceptors (Lipinski definition) is 4. The van der Waals surface area contributed by atoms with E-state index in [1.807, 2.05) is 13.0 Å². The standard InChI is InChI=1S/C22H26N2O3S2/c1-16-9-10-17-14-20(28-19(17)13-16)22(25)23-15-18-7-3-4-8-21(18)29(26,27)24-11-5-2-6-12-24/h3-4,7-10,13,20H,2,5-6,11-12,14-15H2,1H3,(H,23,25). The second kappa shape index (κ2) is 8.50. The molecule has 0 aliphatic carbocycles. The molecule has 1 atom stereocenters. The zero-order valence-corrected chi connectivity index (χ0v) is 18.2. The normalized spacial score (nSPS) is 19.7. The lowest BCUT2D eigenvalue weighted by molar-refractivity contribution is -0.120. The monoisotopic (exact) mass is 430 g/mol. The number of sulfonamides is 1. The molecule has 29 heavy (non-hydrogen) atoms. The number of thioether (sulfide) groups is 1. The van der Waals surface area contributed by atoms with Crippen LogP contribution in [0.4, 0.5) is 0 Å². The second-order valence-corrected chi connectivity index (χ2v) is 10.9. The summed E-state index contributed by atoms with van der Waals surface area (Å²) in [4.78, 5) is 14.2. The van der Waals surface area contributed by atoms with Crippen molar-refractivity contribution in [1.29, 1.82) is 0 Å². The molecule has 2 aliphatic heterocycles. The van der Waals surface area contributed by atoms with Gasteiger partial charge in [-0.2, -0.15) is 4.31 Å². The van der Waals surface area contributed by atoms with E-state index in [-0.39, 0.29) is 17.7 Å². The molecule has 0 bridgehead atoms. The number of nitrogens with one attached hydrogen (secondary N) is 1. The van der Waals surface area contributed by atoms with E-state index in [4.69, 9.17) is 0 Å². The quantitative estimate of drug-likeness (QED) is 0.788. The van der Waals surface area contributed by atoms with E-state index in [0.717, 1.165) is 19.3 Å². The van der Waals surface area contributed by atoms with E-state index in [0.29, 0.717) is 30.0 Å². The molecule has 1 N–H and O–H groups in total. The number of nitrogens with zero attached hydrogens (tertiary/aromatic N) is 1. The minimum absolute atomic E-state index is 0.0472. The van der Waals surface area contributed by atoms with Gasteiger partial charge in [0.15, 0.2) is 0 Å². The van der Waals surface area contributed by atoms with Gasteiger partial charge in [0.25, 0.3) is 0 Å². The van der Waals surface area contributed by atoms with Gasteiger partial charge in [-0.3, -0.25) is 4.79 Å². The Balaban J connectivity index is 1.45. The van der Waals surface area contributed by atoms with Gasteiger partial charge >= 0.3 is 0 Å². The molecule has 4 rings (SSSR count). The number of benzene rings is 2. The first-order valence-corrected chi connectivity index (χ1v) is 12.4. The van der Waals surface area contributed by atoms with Gasteiger partial charge in [-0.15, -0.1) is 11.8 Å². The predicted octanol–water partition coefficient (Wildman–Crippen LogP) is 3.50. The van der Waals surface area contributed by atoms with Crippen molar-refractivity contribution in [1.82, 2.24) is 9.62 Å². The highest BCUT2D eigenvalue weighted by molar-refractivity contribution is 8.01. The lowest BCUT2D eigenvalue weighted by Crippen LogP contribution is -2.37. The minimum Gasteiger partial charge on any atom is -0.351 e. The summed E-state index contributed by atoms with van der Waals surface area (Å²) in [6, 6.07) is 13.3. The van der Waals surface area contributed by atoms with Crippen LogP contribution in [0.25, 0.3) is 0 Å². The van der Waals surface area contributed by atoms with E-state index >= 15 is 0 Å². The summed E-state index contributed by atoms with van der Waals surface area (Å²) < 4.78 is 27.8. The maximum absolute atomic E-state index is 13.1. The zero-order chi connectivity index (χ0) is 20.4. The molecule has 2 aliphatic rings. The Hall–Kier alpha value is -1.83. The van der Waals surface area contributed by atoms with Gasteiger partial charge < -0.3 is 5.32 Å². The molecule has 2 aromatic rings. The van der Waals surface area contributed by atoms with E-state index in [1.54, 1.807) is 34.3 Å². The molecule has 5 nitrogen and oxygen atoms in total. The van der Waals surface area contributed by atoms with E-state index in [9.17, 15) is 13.2 Å². The highest BCUT2D eigenvalue weighted by Crippen LogP contribution is 2.37. The van der Waals surface area contributed by atoms with Crippen LogP contribution in [0, 0.1) is 6.92 Å². The molecular weight excluding hydrogens is 404 g/mol. The molecule has 7 heteroatoms. The van der Waals surface area contributed by atoms with Gasteiger partial charge in [0.1, 0.15) is 0 Å². The van der Waals surface area contributed by atoms with Gasteiger partial charge in [0, 0.05) is 24.5 Å². The summed E-state index contributed by atoms with van der Waals surface area (Å²) in [6.45, 7) is 3.40. The highest BCUT2D eigenvalue weighted by Gasteiger charge is 2.30. The second-order valence-electron chi connectivity index (χ2n) is 7.71. The summed E-state index contributed by atoms with van der Waals surface area (Å²) in [6.07, 6.45) is 3.58. The fourth-order valence-corrected chi connectivity index (χ4v) is 6.98. The zero-order valence-electron chi connectivity index (χ0n) is 16.6. The number of hydrogen-bond donors (Lipinski definition) is 1. The molecule has 154 valence electrons. The Morgan fingerprint density at radius 3 is 2.69 bits per heavy atom. The van der Waals surface area contributed by atoms with Crippen molar-refractivity contribution in [3.63, 3.8) is 0 Å². The first-order valence-electron chi connectivity index (χ1n) is 10.1. The maximum Gasteiger partial charge on any atom is 0.243 e. The third-order valence-corrected chi connectivity index (χ3v) is 8.85. The van der Waals surface area contributed by atoms with Crippen LogP contribution in [-0.4, -0.2) is 37.0 Å². The Morgan fingerprint density at radius 1 is 1.14 bits per heavy atom. The first-order chi connectivity index (χ1) is 13.9. The van der Waals surface area contributed by atoms with Crippen molar-refractivity contribution in [3.05, 3.63) is 59.2 Å². The minimum atomic E-state index is -3.53. The molecule has 0 aromatic heterocycles. The Kier molecular flexibility index (Phi) is 5.99. The summed E-state index contributed by atoms with van der Waals surface area (Å²) in [5.41, 5.74) is 3.03. The Bertz CT molecular complexity index is 1010. The summed E-state index contributed by atoms with van der Waals surface area (Å²) in [7, 11) is -3.53. The van der Waals surface area contributed by atoms with Crippen molar-refractivity contribution >= 4 is 27.7 Å². The van der Waals surface area contributed by atoms with Crippen LogP contribution in [0.2, 0.25) is 0 Å². The van der Waals surface area contributed by atoms with Gasteiger partial charge in [0.05, 0.1) is 10.1 Å². The smallest absolute Gasteiger partial charge is 0.243 e. The van der Waals surface area contributed by atoms with Crippen LogP contribution in [-0.2, 0) is 27.8 Å². The number of fused-ring (bicyclic) bond motifs is 1. The topological polar surface area (TPSA) is 66.5 Å². The third-order valence-electron chi connectivity index (χ3n) is 5.55. The third kappa shape index (κ3) is 4.37. The molecule has 0 radical (unpaired) electrons. The molecule has 2 heterocycles. The number of amides is 1. The Labute approximate surface area is 176 Å². The molecule has 1 unspecified atom stereocenters. The average Bonchev–Trinajstić information content (AvgIpc) is 3.16. The van der Waals surface area contributed by atoms with Crippen LogP contribution in [0.5, 0.6) is 0 Å². The van der Waals surface area contributed by atoms with Crippen LogP contribution in [0.1, 0.15) is 36.0 Å². The molecule has 0 saturated carbocycles. The molecule has 1 saturated heterocycles. The Morgan fingerprint density at radius 2 is 1.90 bits per heavy atom. The van der Waals surface area contributed by atoms with Crippen LogP contribution in [0.15, 0.2) is 52.3 Å². The SMILES string of the molecule is Cc1ccc2c(c1)SC(C(=O)NCc1ccccc1S(=O)(=O)N1CCCCC1)C2. The lowest BCUT2D eigenvalue weighted by atomic mass is 10.1. The van der Waals surface area contributed by atoms with Crippen LogP contribution >= 0.6 is 11.8 Å². The number of piperidine rings is 1. The largest absolute Gasteiger partial charge is 0.351 e. The van der Waals surface area contributed by atoms with Gasteiger partial charge in [-0.1, -0.05) is 42.3 Å². The van der Waals surface area contributed by atoms with Gasteiger partial charge in [0.2, 0.25) is 15.9 Å². The number of carbonyl (C=O) groups is 1. The fourth-order valence-electron chi connectivity index (χ4n) is 3.92. The van der Waals surface area contributed by atoms with E-state index < -0.39 is 10.0 Å². The summed E-state index contributed by atoms with van der Waals surface area (Å²) in [5.74, 6) is -0.0472. The van der Waals surface area contributed by atoms with Crippen LogP contribution in [0.3, 0.4) is 0 Å². The van der Waals surface area contributed by atoms with Crippen LogP contribution < -0.4 is 5.32 Å². The van der Waals surface area contributed by atoms with Gasteiger partial charge in [-0.25, -0.2) is 8.42 Å². The molecule has 1 amide bonds. The van der Waals surface area contributed by atoms with Crippen molar-refractivity contribution in [2.45, 2.75) is 54.2 Å². The number of carbonyl (C=O) groups excluding carboxylic acids is 1. The predicted molar refractivity (Wildman–Crippen MR) is 115 cm³/mol. The maximum atomic E-state index is 13.1. The molecular formula is C22H26N2O3S2. The first kappa shape index (κ1) is 20.4. The lowest BCUT2D eigenvalue weighted by Gasteiger charge is -2.27. The fraction of sp³-hybridized carbons (Fsp3) is 0.409.